The van der Waals surface area contributed by atoms with Gasteiger partial charge in [-0.25, -0.2) is 8.96 Å². The highest BCUT2D eigenvalue weighted by molar-refractivity contribution is 9.10. The average molecular weight is 380 g/mol. The Bertz CT molecular complexity index is 640. The molecule has 0 saturated carbocycles. The third-order valence-electron chi connectivity index (χ3n) is 3.86. The fraction of sp³-hybridized carbons (Fsp3) is 0.727. The van der Waals surface area contributed by atoms with Crippen molar-refractivity contribution in [3.63, 3.8) is 0 Å². The van der Waals surface area contributed by atoms with Crippen LogP contribution in [0.5, 0.6) is 0 Å². The molecule has 1 aliphatic heterocycles. The summed E-state index contributed by atoms with van der Waals surface area (Å²) >= 11 is 3.16. The largest absolute Gasteiger partial charge is 0.516 e. The van der Waals surface area contributed by atoms with Gasteiger partial charge in [-0.1, -0.05) is 0 Å². The molecule has 1 aromatic heterocycles. The second-order valence-corrected chi connectivity index (χ2v) is 8.84. The summed E-state index contributed by atoms with van der Waals surface area (Å²) in [4.78, 5) is 4.20. The van der Waals surface area contributed by atoms with E-state index >= 15 is 0 Å². The second kappa shape index (κ2) is 5.05. The van der Waals surface area contributed by atoms with Crippen LogP contribution in [-0.2, 0) is 19.5 Å². The molecule has 0 aromatic carbocycles. The Labute approximate surface area is 134 Å². The highest BCUT2D eigenvalue weighted by Crippen LogP contribution is 2.36. The van der Waals surface area contributed by atoms with Gasteiger partial charge in [0.1, 0.15) is 0 Å². The van der Waals surface area contributed by atoms with Gasteiger partial charge in [0.15, 0.2) is 4.73 Å². The Hall–Kier alpha value is -0.415. The molecule has 1 aliphatic rings. The molecule has 1 saturated heterocycles. The lowest BCUT2D eigenvalue weighted by atomic mass is 9.86. The van der Waals surface area contributed by atoms with Crippen LogP contribution in [-0.4, -0.2) is 54.1 Å². The first-order valence-electron chi connectivity index (χ1n) is 6.42. The summed E-state index contributed by atoms with van der Waals surface area (Å²) < 4.78 is 38.4. The van der Waals surface area contributed by atoms with Crippen LogP contribution in [0.1, 0.15) is 27.7 Å². The molecule has 0 spiro atoms. The third-order valence-corrected chi connectivity index (χ3v) is 6.35. The lowest BCUT2D eigenvalue weighted by molar-refractivity contribution is 0.00578. The van der Waals surface area contributed by atoms with Crippen LogP contribution in [0, 0.1) is 0 Å². The number of aromatic nitrogens is 2. The molecule has 0 atom stereocenters. The van der Waals surface area contributed by atoms with Crippen molar-refractivity contribution < 1.29 is 17.7 Å². The summed E-state index contributed by atoms with van der Waals surface area (Å²) in [5.41, 5.74) is -0.603. The van der Waals surface area contributed by atoms with Crippen molar-refractivity contribution in [1.29, 1.82) is 0 Å². The maximum atomic E-state index is 12.2. The lowest BCUT2D eigenvalue weighted by Gasteiger charge is -2.32. The van der Waals surface area contributed by atoms with E-state index in [2.05, 4.69) is 20.9 Å². The molecule has 0 bridgehead atoms. The van der Waals surface area contributed by atoms with Gasteiger partial charge in [0.05, 0.1) is 16.8 Å². The predicted octanol–water partition coefficient (Wildman–Crippen LogP) is 0.599. The minimum Gasteiger partial charge on any atom is -0.398 e. The predicted molar refractivity (Wildman–Crippen MR) is 83.6 cm³/mol. The van der Waals surface area contributed by atoms with E-state index in [-0.39, 0.29) is 4.73 Å². The normalized spacial score (nSPS) is 21.2. The van der Waals surface area contributed by atoms with Crippen LogP contribution in [0.2, 0.25) is 0 Å². The zero-order valence-corrected chi connectivity index (χ0v) is 15.3. The van der Waals surface area contributed by atoms with Gasteiger partial charge >= 0.3 is 17.3 Å². The van der Waals surface area contributed by atoms with Gasteiger partial charge in [-0.05, 0) is 43.6 Å². The maximum Gasteiger partial charge on any atom is 0.516 e. The van der Waals surface area contributed by atoms with Crippen molar-refractivity contribution in [1.82, 2.24) is 13.3 Å². The molecule has 2 rings (SSSR count). The standard InChI is InChI=1S/C11H19BBrN3O4S/c1-10(2)11(3,4)20-12(19-10)8-7-16(9(13)14-8)21(17,18)15(5)6/h7H,1-6H3. The topological polar surface area (TPSA) is 73.7 Å². The van der Waals surface area contributed by atoms with Crippen molar-refractivity contribution in [3.8, 4) is 0 Å². The molecule has 1 fully saturated rings. The SMILES string of the molecule is CN(C)S(=O)(=O)n1cc(B2OC(C)(C)C(C)(C)O2)nc1Br. The van der Waals surface area contributed by atoms with Gasteiger partial charge in [0.25, 0.3) is 0 Å². The Kier molecular flexibility index (Phi) is 4.08. The molecule has 0 amide bonds. The summed E-state index contributed by atoms with van der Waals surface area (Å²) in [5, 5.41) is 0. The van der Waals surface area contributed by atoms with E-state index in [9.17, 15) is 8.42 Å². The second-order valence-electron chi connectivity index (χ2n) is 6.11. The lowest BCUT2D eigenvalue weighted by Crippen LogP contribution is -2.41. The highest BCUT2D eigenvalue weighted by atomic mass is 79.9. The van der Waals surface area contributed by atoms with Crippen molar-refractivity contribution in [2.75, 3.05) is 14.1 Å². The van der Waals surface area contributed by atoms with Crippen LogP contribution in [0.15, 0.2) is 10.9 Å². The first kappa shape index (κ1) is 16.9. The van der Waals surface area contributed by atoms with Gasteiger partial charge < -0.3 is 9.31 Å². The Morgan fingerprint density at radius 3 is 2.14 bits per heavy atom. The van der Waals surface area contributed by atoms with Crippen LogP contribution in [0.3, 0.4) is 0 Å². The van der Waals surface area contributed by atoms with Gasteiger partial charge in [-0.15, -0.1) is 0 Å². The fourth-order valence-electron chi connectivity index (χ4n) is 1.77. The zero-order chi connectivity index (χ0) is 16.2. The monoisotopic (exact) mass is 379 g/mol. The van der Waals surface area contributed by atoms with E-state index in [1.807, 2.05) is 27.7 Å². The summed E-state index contributed by atoms with van der Waals surface area (Å²) in [6.45, 7) is 7.70. The average Bonchev–Trinajstić information content (AvgIpc) is 2.78. The van der Waals surface area contributed by atoms with E-state index in [1.54, 1.807) is 0 Å². The van der Waals surface area contributed by atoms with Crippen molar-refractivity contribution in [2.45, 2.75) is 38.9 Å². The van der Waals surface area contributed by atoms with Crippen LogP contribution < -0.4 is 5.59 Å². The molecule has 0 aliphatic carbocycles. The molecule has 10 heteroatoms. The van der Waals surface area contributed by atoms with Gasteiger partial charge in [0.2, 0.25) is 0 Å². The minimum atomic E-state index is -3.64. The summed E-state index contributed by atoms with van der Waals surface area (Å²) in [6, 6.07) is 0. The zero-order valence-electron chi connectivity index (χ0n) is 12.9. The molecule has 0 N–H and O–H groups in total. The van der Waals surface area contributed by atoms with Crippen LogP contribution in [0.25, 0.3) is 0 Å². The number of nitrogens with zero attached hydrogens (tertiary/aromatic N) is 3. The van der Waals surface area contributed by atoms with E-state index in [1.165, 1.54) is 20.3 Å². The number of hydrogen-bond acceptors (Lipinski definition) is 5. The molecular formula is C11H19BBrN3O4S. The molecule has 7 nitrogen and oxygen atoms in total. The number of halogens is 1. The Balaban J connectivity index is 2.38. The highest BCUT2D eigenvalue weighted by Gasteiger charge is 2.53. The van der Waals surface area contributed by atoms with Crippen molar-refractivity contribution in [2.24, 2.45) is 0 Å². The molecule has 2 heterocycles. The smallest absolute Gasteiger partial charge is 0.398 e. The first-order chi connectivity index (χ1) is 9.38. The van der Waals surface area contributed by atoms with Gasteiger partial charge in [-0.3, -0.25) is 0 Å². The molecule has 1 aromatic rings. The van der Waals surface area contributed by atoms with E-state index in [4.69, 9.17) is 9.31 Å². The molecule has 0 radical (unpaired) electrons. The summed E-state index contributed by atoms with van der Waals surface area (Å²) in [5.74, 6) is 0. The fourth-order valence-corrected chi connectivity index (χ4v) is 3.45. The van der Waals surface area contributed by atoms with E-state index in [0.29, 0.717) is 5.59 Å². The summed E-state index contributed by atoms with van der Waals surface area (Å²) in [7, 11) is -1.44. The number of hydrogen-bond donors (Lipinski definition) is 0. The summed E-state index contributed by atoms with van der Waals surface area (Å²) in [6.07, 6.45) is 1.40. The molecular weight excluding hydrogens is 361 g/mol. The van der Waals surface area contributed by atoms with E-state index < -0.39 is 28.5 Å². The molecule has 21 heavy (non-hydrogen) atoms. The first-order valence-corrected chi connectivity index (χ1v) is 8.61. The molecule has 118 valence electrons. The van der Waals surface area contributed by atoms with Crippen LogP contribution >= 0.6 is 15.9 Å². The Morgan fingerprint density at radius 1 is 1.24 bits per heavy atom. The third kappa shape index (κ3) is 2.79. The molecule has 0 unspecified atom stereocenters. The van der Waals surface area contributed by atoms with Gasteiger partial charge in [0, 0.05) is 20.3 Å². The minimum absolute atomic E-state index is 0.181. The Morgan fingerprint density at radius 2 is 1.71 bits per heavy atom. The van der Waals surface area contributed by atoms with Crippen molar-refractivity contribution >= 4 is 38.9 Å². The quantitative estimate of drug-likeness (QED) is 0.719. The number of imidazole rings is 1. The van der Waals surface area contributed by atoms with Crippen LogP contribution in [0.4, 0.5) is 0 Å². The number of rotatable bonds is 3. The van der Waals surface area contributed by atoms with Gasteiger partial charge in [-0.2, -0.15) is 12.7 Å². The van der Waals surface area contributed by atoms with E-state index in [0.717, 1.165) is 8.28 Å². The van der Waals surface area contributed by atoms with Crippen molar-refractivity contribution in [3.05, 3.63) is 10.9 Å². The maximum absolute atomic E-state index is 12.2.